The van der Waals surface area contributed by atoms with Crippen LogP contribution in [0.4, 0.5) is 30.7 Å². The lowest BCUT2D eigenvalue weighted by Gasteiger charge is -2.41. The Hall–Kier alpha value is -3.15. The molecule has 1 heterocycles. The number of halogens is 7. The molecule has 0 saturated carbocycles. The Morgan fingerprint density at radius 2 is 1.61 bits per heavy atom. The monoisotopic (exact) mass is 478 g/mol. The average molecular weight is 478 g/mol. The number of aryl methyl sites for hydroxylation is 1. The summed E-state index contributed by atoms with van der Waals surface area (Å²) < 4.78 is 101. The molecule has 1 N–H and O–H groups in total. The van der Waals surface area contributed by atoms with E-state index in [0.717, 1.165) is 0 Å². The lowest BCUT2D eigenvalue weighted by atomic mass is 9.91. The number of para-hydroxylation sites is 1. The zero-order chi connectivity index (χ0) is 24.7. The highest BCUT2D eigenvalue weighted by molar-refractivity contribution is 6.03. The van der Waals surface area contributed by atoms with Crippen LogP contribution in [0.15, 0.2) is 59.7 Å². The number of carbonyl (C=O) groups is 1. The summed E-state index contributed by atoms with van der Waals surface area (Å²) in [6.45, 7) is 0.530. The van der Waals surface area contributed by atoms with Crippen LogP contribution in [0.2, 0.25) is 0 Å². The van der Waals surface area contributed by atoms with Crippen LogP contribution in [0, 0.1) is 6.92 Å². The maximum atomic E-state index is 14.7. The number of ether oxygens (including phenoxy) is 1. The van der Waals surface area contributed by atoms with E-state index in [1.54, 1.807) is 19.1 Å². The number of hydrogen-bond donors (Lipinski definition) is 1. The van der Waals surface area contributed by atoms with E-state index in [9.17, 15) is 40.6 Å². The van der Waals surface area contributed by atoms with Gasteiger partial charge in [-0.1, -0.05) is 48.5 Å². The number of hydrazone groups is 1. The van der Waals surface area contributed by atoms with Gasteiger partial charge in [-0.3, -0.25) is 4.79 Å². The zero-order valence-corrected chi connectivity index (χ0v) is 16.9. The second-order valence-corrected chi connectivity index (χ2v) is 7.31. The molecule has 178 valence electrons. The summed E-state index contributed by atoms with van der Waals surface area (Å²) in [5.41, 5.74) is -4.23. The fourth-order valence-corrected chi connectivity index (χ4v) is 3.19. The van der Waals surface area contributed by atoms with E-state index in [1.165, 1.54) is 42.5 Å². The Morgan fingerprint density at radius 1 is 1.03 bits per heavy atom. The van der Waals surface area contributed by atoms with Gasteiger partial charge in [0, 0.05) is 6.42 Å². The molecule has 1 atom stereocenters. The topological polar surface area (TPSA) is 62.1 Å². The third-order valence-corrected chi connectivity index (χ3v) is 5.03. The van der Waals surface area contributed by atoms with E-state index >= 15 is 0 Å². The van der Waals surface area contributed by atoms with Gasteiger partial charge >= 0.3 is 18.0 Å². The number of hydrogen-bond acceptors (Lipinski definition) is 4. The van der Waals surface area contributed by atoms with E-state index in [4.69, 9.17) is 4.74 Å². The molecule has 1 aliphatic heterocycles. The molecule has 2 aromatic rings. The van der Waals surface area contributed by atoms with Crippen LogP contribution < -0.4 is 4.74 Å². The van der Waals surface area contributed by atoms with E-state index in [0.29, 0.717) is 5.56 Å². The second kappa shape index (κ2) is 8.32. The van der Waals surface area contributed by atoms with Gasteiger partial charge in [-0.05, 0) is 24.1 Å². The zero-order valence-electron chi connectivity index (χ0n) is 16.9. The number of alkyl halides is 7. The van der Waals surface area contributed by atoms with E-state index in [-0.39, 0.29) is 11.3 Å². The highest BCUT2D eigenvalue weighted by atomic mass is 19.4. The van der Waals surface area contributed by atoms with Gasteiger partial charge < -0.3 is 9.84 Å². The maximum absolute atomic E-state index is 14.7. The summed E-state index contributed by atoms with van der Waals surface area (Å²) >= 11 is 0. The van der Waals surface area contributed by atoms with Gasteiger partial charge in [0.1, 0.15) is 5.75 Å². The van der Waals surface area contributed by atoms with Crippen molar-refractivity contribution in [2.24, 2.45) is 5.10 Å². The average Bonchev–Trinajstić information content (AvgIpc) is 3.12. The molecule has 0 bridgehead atoms. The first-order valence-corrected chi connectivity index (χ1v) is 9.41. The van der Waals surface area contributed by atoms with Gasteiger partial charge in [0.15, 0.2) is 6.61 Å². The van der Waals surface area contributed by atoms with Crippen molar-refractivity contribution >= 4 is 11.6 Å². The van der Waals surface area contributed by atoms with Gasteiger partial charge in [0.2, 0.25) is 5.72 Å². The van der Waals surface area contributed by atoms with Gasteiger partial charge in [-0.2, -0.15) is 40.8 Å². The predicted octanol–water partition coefficient (Wildman–Crippen LogP) is 4.53. The van der Waals surface area contributed by atoms with Crippen molar-refractivity contribution in [1.29, 1.82) is 0 Å². The molecule has 12 heteroatoms. The normalized spacial score (nSPS) is 19.4. The molecule has 2 aromatic carbocycles. The highest BCUT2D eigenvalue weighted by Crippen LogP contribution is 2.54. The number of carbonyl (C=O) groups excluding carboxylic acids is 1. The molecule has 33 heavy (non-hydrogen) atoms. The molecular weight excluding hydrogens is 461 g/mol. The smallest absolute Gasteiger partial charge is 0.460 e. The number of nitrogens with zero attached hydrogens (tertiary/aromatic N) is 2. The first kappa shape index (κ1) is 24.5. The summed E-state index contributed by atoms with van der Waals surface area (Å²) in [6.07, 6.45) is -8.19. The lowest BCUT2D eigenvalue weighted by Crippen LogP contribution is -2.69. The fraction of sp³-hybridized carbons (Fsp3) is 0.333. The fourth-order valence-electron chi connectivity index (χ4n) is 3.19. The first-order valence-electron chi connectivity index (χ1n) is 9.41. The molecular formula is C21H17F7N2O3. The quantitative estimate of drug-likeness (QED) is 0.621. The molecule has 1 aliphatic rings. The Kier molecular flexibility index (Phi) is 6.18. The summed E-state index contributed by atoms with van der Waals surface area (Å²) in [4.78, 5) is 12.6. The van der Waals surface area contributed by atoms with Crippen LogP contribution in [0.5, 0.6) is 5.75 Å². The Balaban J connectivity index is 2.00. The van der Waals surface area contributed by atoms with Crippen molar-refractivity contribution in [2.75, 3.05) is 6.61 Å². The SMILES string of the molecule is Cc1ccccc1OCC(=O)N1N=C(c2ccccc2)C[C@]1(O)C(F)(F)C(F)(F)C(F)(F)F. The van der Waals surface area contributed by atoms with Gasteiger partial charge in [-0.15, -0.1) is 0 Å². The van der Waals surface area contributed by atoms with Crippen molar-refractivity contribution < 1.29 is 45.4 Å². The third-order valence-electron chi connectivity index (χ3n) is 5.03. The van der Waals surface area contributed by atoms with Crippen LogP contribution in [-0.2, 0) is 4.79 Å². The molecule has 0 saturated heterocycles. The van der Waals surface area contributed by atoms with Crippen molar-refractivity contribution in [1.82, 2.24) is 5.01 Å². The maximum Gasteiger partial charge on any atom is 0.460 e. The van der Waals surface area contributed by atoms with Gasteiger partial charge in [-0.25, -0.2) is 0 Å². The Bertz CT molecular complexity index is 1060. The van der Waals surface area contributed by atoms with Crippen LogP contribution >= 0.6 is 0 Å². The standard InChI is InChI=1S/C21H17F7N2O3/c1-13-7-5-6-10-16(13)33-12-17(31)30-18(32,19(22,23)20(24,25)21(26,27)28)11-15(29-30)14-8-3-2-4-9-14/h2-10,32H,11-12H2,1H3/t18-/m0/s1. The molecule has 0 spiro atoms. The minimum atomic E-state index is -6.71. The largest absolute Gasteiger partial charge is 0.483 e. The number of benzene rings is 2. The first-order chi connectivity index (χ1) is 15.2. The van der Waals surface area contributed by atoms with Crippen molar-refractivity contribution in [3.63, 3.8) is 0 Å². The van der Waals surface area contributed by atoms with Gasteiger partial charge in [0.05, 0.1) is 5.71 Å². The molecule has 0 unspecified atom stereocenters. The highest BCUT2D eigenvalue weighted by Gasteiger charge is 2.82. The second-order valence-electron chi connectivity index (χ2n) is 7.31. The summed E-state index contributed by atoms with van der Waals surface area (Å²) in [5, 5.41) is 13.6. The van der Waals surface area contributed by atoms with Crippen molar-refractivity contribution in [2.45, 2.75) is 37.1 Å². The summed E-state index contributed by atoms with van der Waals surface area (Å²) in [6, 6.07) is 13.2. The van der Waals surface area contributed by atoms with E-state index in [2.05, 4.69) is 5.10 Å². The van der Waals surface area contributed by atoms with Crippen LogP contribution in [-0.4, -0.2) is 52.1 Å². The molecule has 0 radical (unpaired) electrons. The molecule has 0 aliphatic carbocycles. The summed E-state index contributed by atoms with van der Waals surface area (Å²) in [5.74, 6) is -14.2. The van der Waals surface area contributed by atoms with Crippen LogP contribution in [0.3, 0.4) is 0 Å². The summed E-state index contributed by atoms with van der Waals surface area (Å²) in [7, 11) is 0. The molecule has 3 rings (SSSR count). The van der Waals surface area contributed by atoms with Crippen molar-refractivity contribution in [3.8, 4) is 5.75 Å². The molecule has 0 aromatic heterocycles. The van der Waals surface area contributed by atoms with Crippen LogP contribution in [0.25, 0.3) is 0 Å². The van der Waals surface area contributed by atoms with Crippen LogP contribution in [0.1, 0.15) is 17.5 Å². The minimum absolute atomic E-state index is 0.0390. The Morgan fingerprint density at radius 3 is 2.18 bits per heavy atom. The lowest BCUT2D eigenvalue weighted by molar-refractivity contribution is -0.401. The predicted molar refractivity (Wildman–Crippen MR) is 102 cm³/mol. The number of amides is 1. The number of rotatable bonds is 6. The number of aliphatic hydroxyl groups is 1. The van der Waals surface area contributed by atoms with E-state index in [1.807, 2.05) is 0 Å². The van der Waals surface area contributed by atoms with Crippen molar-refractivity contribution in [3.05, 3.63) is 65.7 Å². The molecule has 5 nitrogen and oxygen atoms in total. The molecule has 0 fully saturated rings. The van der Waals surface area contributed by atoms with Gasteiger partial charge in [0.25, 0.3) is 5.91 Å². The third kappa shape index (κ3) is 4.14. The van der Waals surface area contributed by atoms with E-state index < -0.39 is 53.4 Å². The Labute approximate surface area is 183 Å². The molecule has 1 amide bonds. The minimum Gasteiger partial charge on any atom is -0.483 e.